The van der Waals surface area contributed by atoms with Gasteiger partial charge in [0.05, 0.1) is 25.1 Å². The van der Waals surface area contributed by atoms with E-state index < -0.39 is 15.9 Å². The van der Waals surface area contributed by atoms with Crippen LogP contribution in [0.3, 0.4) is 0 Å². The van der Waals surface area contributed by atoms with Gasteiger partial charge in [0.15, 0.2) is 11.5 Å². The van der Waals surface area contributed by atoms with Crippen LogP contribution in [0.4, 0.5) is 5.69 Å². The van der Waals surface area contributed by atoms with Gasteiger partial charge in [0.25, 0.3) is 0 Å². The highest BCUT2D eigenvalue weighted by Gasteiger charge is 2.25. The molecule has 0 aliphatic carbocycles. The highest BCUT2D eigenvalue weighted by Crippen LogP contribution is 2.36. The van der Waals surface area contributed by atoms with E-state index in [4.69, 9.17) is 14.2 Å². The van der Waals surface area contributed by atoms with Crippen molar-refractivity contribution >= 4 is 21.6 Å². The molecule has 1 aliphatic heterocycles. The minimum Gasteiger partial charge on any atom is -0.496 e. The van der Waals surface area contributed by atoms with Gasteiger partial charge in [-0.15, -0.1) is 0 Å². The van der Waals surface area contributed by atoms with Crippen LogP contribution in [0.2, 0.25) is 0 Å². The van der Waals surface area contributed by atoms with E-state index in [9.17, 15) is 13.2 Å². The number of sulfonamides is 1. The number of anilines is 1. The van der Waals surface area contributed by atoms with E-state index in [-0.39, 0.29) is 19.4 Å². The summed E-state index contributed by atoms with van der Waals surface area (Å²) in [5.74, 6) is 1.35. The summed E-state index contributed by atoms with van der Waals surface area (Å²) in [7, 11) is -2.09. The molecule has 1 N–H and O–H groups in total. The van der Waals surface area contributed by atoms with Crippen molar-refractivity contribution in [2.45, 2.75) is 26.3 Å². The molecule has 0 spiro atoms. The topological polar surface area (TPSA) is 94.2 Å². The Morgan fingerprint density at radius 1 is 1.20 bits per heavy atom. The predicted molar refractivity (Wildman–Crippen MR) is 114 cm³/mol. The molecule has 0 saturated heterocycles. The summed E-state index contributed by atoms with van der Waals surface area (Å²) in [5, 5.41) is 2.93. The molecule has 0 saturated carbocycles. The molecule has 1 heterocycles. The molecular formula is C21H26N2O6S. The third kappa shape index (κ3) is 4.79. The van der Waals surface area contributed by atoms with Crippen molar-refractivity contribution < 1.29 is 27.4 Å². The van der Waals surface area contributed by atoms with Gasteiger partial charge in [-0.25, -0.2) is 8.42 Å². The van der Waals surface area contributed by atoms with Crippen molar-refractivity contribution in [3.63, 3.8) is 0 Å². The lowest BCUT2D eigenvalue weighted by molar-refractivity contribution is -0.120. The number of ether oxygens (including phenoxy) is 3. The van der Waals surface area contributed by atoms with E-state index in [0.29, 0.717) is 23.6 Å². The van der Waals surface area contributed by atoms with Gasteiger partial charge in [0.2, 0.25) is 22.7 Å². The third-order valence-corrected chi connectivity index (χ3v) is 6.04. The van der Waals surface area contributed by atoms with E-state index in [1.165, 1.54) is 0 Å². The molecule has 8 nitrogen and oxygen atoms in total. The number of fused-ring (bicyclic) bond motifs is 1. The standard InChI is InChI=1S/C21H26N2O6S/c1-5-17(15-6-8-18(27-3)14(2)10-15)22-21(24)12-23(30(4,25)26)16-7-9-19-20(11-16)29-13-28-19/h6-11,17H,5,12-13H2,1-4H3,(H,22,24)/t17-/m0/s1. The maximum absolute atomic E-state index is 12.8. The van der Waals surface area contributed by atoms with Gasteiger partial charge in [0, 0.05) is 6.07 Å². The van der Waals surface area contributed by atoms with E-state index in [1.54, 1.807) is 25.3 Å². The summed E-state index contributed by atoms with van der Waals surface area (Å²) in [6.07, 6.45) is 1.72. The first-order valence-corrected chi connectivity index (χ1v) is 11.4. The van der Waals surface area contributed by atoms with Crippen LogP contribution in [0.25, 0.3) is 0 Å². The van der Waals surface area contributed by atoms with Crippen LogP contribution in [0.1, 0.15) is 30.5 Å². The molecule has 30 heavy (non-hydrogen) atoms. The number of rotatable bonds is 8. The number of benzene rings is 2. The van der Waals surface area contributed by atoms with E-state index >= 15 is 0 Å². The Hall–Kier alpha value is -2.94. The van der Waals surface area contributed by atoms with Crippen molar-refractivity contribution in [3.8, 4) is 17.2 Å². The van der Waals surface area contributed by atoms with Gasteiger partial charge >= 0.3 is 0 Å². The Morgan fingerprint density at radius 3 is 2.57 bits per heavy atom. The monoisotopic (exact) mass is 434 g/mol. The number of carbonyl (C=O) groups is 1. The molecule has 0 fully saturated rings. The van der Waals surface area contributed by atoms with Gasteiger partial charge < -0.3 is 19.5 Å². The average molecular weight is 435 g/mol. The van der Waals surface area contributed by atoms with Gasteiger partial charge in [-0.05, 0) is 42.7 Å². The Bertz CT molecular complexity index is 1040. The summed E-state index contributed by atoms with van der Waals surface area (Å²) in [6.45, 7) is 3.63. The fraction of sp³-hybridized carbons (Fsp3) is 0.381. The van der Waals surface area contributed by atoms with Crippen molar-refractivity contribution in [2.24, 2.45) is 0 Å². The Balaban J connectivity index is 1.78. The summed E-state index contributed by atoms with van der Waals surface area (Å²) in [6, 6.07) is 10.2. The summed E-state index contributed by atoms with van der Waals surface area (Å²) in [4.78, 5) is 12.8. The van der Waals surface area contributed by atoms with Crippen LogP contribution in [-0.4, -0.2) is 41.0 Å². The molecule has 1 amide bonds. The SMILES string of the molecule is CC[C@H](NC(=O)CN(c1ccc2c(c1)OCO2)S(C)(=O)=O)c1ccc(OC)c(C)c1. The number of amides is 1. The van der Waals surface area contributed by atoms with Crippen molar-refractivity contribution in [1.82, 2.24) is 5.32 Å². The number of hydrogen-bond acceptors (Lipinski definition) is 6. The van der Waals surface area contributed by atoms with Gasteiger partial charge in [-0.3, -0.25) is 9.10 Å². The fourth-order valence-electron chi connectivity index (χ4n) is 3.35. The molecule has 1 atom stereocenters. The maximum Gasteiger partial charge on any atom is 0.241 e. The third-order valence-electron chi connectivity index (χ3n) is 4.90. The zero-order valence-electron chi connectivity index (χ0n) is 17.5. The lowest BCUT2D eigenvalue weighted by Crippen LogP contribution is -2.41. The van der Waals surface area contributed by atoms with E-state index in [0.717, 1.165) is 27.4 Å². The molecule has 0 unspecified atom stereocenters. The second kappa shape index (κ2) is 8.83. The number of nitrogens with zero attached hydrogens (tertiary/aromatic N) is 1. The van der Waals surface area contributed by atoms with Gasteiger partial charge in [0.1, 0.15) is 12.3 Å². The fourth-order valence-corrected chi connectivity index (χ4v) is 4.20. The second-order valence-electron chi connectivity index (χ2n) is 7.06. The van der Waals surface area contributed by atoms with Crippen LogP contribution in [0.15, 0.2) is 36.4 Å². The van der Waals surface area contributed by atoms with Gasteiger partial charge in [-0.2, -0.15) is 0 Å². The lowest BCUT2D eigenvalue weighted by Gasteiger charge is -2.24. The molecule has 2 aromatic rings. The van der Waals surface area contributed by atoms with Crippen LogP contribution < -0.4 is 23.8 Å². The van der Waals surface area contributed by atoms with Crippen LogP contribution >= 0.6 is 0 Å². The van der Waals surface area contributed by atoms with Crippen LogP contribution in [0.5, 0.6) is 17.2 Å². The largest absolute Gasteiger partial charge is 0.496 e. The highest BCUT2D eigenvalue weighted by atomic mass is 32.2. The number of hydrogen-bond donors (Lipinski definition) is 1. The van der Waals surface area contributed by atoms with Crippen molar-refractivity contribution in [3.05, 3.63) is 47.5 Å². The number of carbonyl (C=O) groups excluding carboxylic acids is 1. The molecule has 1 aliphatic rings. The molecule has 162 valence electrons. The smallest absolute Gasteiger partial charge is 0.241 e. The van der Waals surface area contributed by atoms with Crippen LogP contribution in [-0.2, 0) is 14.8 Å². The zero-order chi connectivity index (χ0) is 21.9. The quantitative estimate of drug-likeness (QED) is 0.687. The first-order chi connectivity index (χ1) is 14.2. The Labute approximate surface area is 176 Å². The molecule has 0 radical (unpaired) electrons. The highest BCUT2D eigenvalue weighted by molar-refractivity contribution is 7.92. The zero-order valence-corrected chi connectivity index (χ0v) is 18.3. The molecule has 3 rings (SSSR count). The molecule has 2 aromatic carbocycles. The maximum atomic E-state index is 12.8. The molecule has 0 bridgehead atoms. The number of methoxy groups -OCH3 is 1. The summed E-state index contributed by atoms with van der Waals surface area (Å²) in [5.41, 5.74) is 2.23. The van der Waals surface area contributed by atoms with E-state index in [1.807, 2.05) is 32.0 Å². The molecule has 9 heteroatoms. The first-order valence-electron chi connectivity index (χ1n) is 9.54. The average Bonchev–Trinajstić information content (AvgIpc) is 3.17. The van der Waals surface area contributed by atoms with E-state index in [2.05, 4.69) is 5.32 Å². The number of aryl methyl sites for hydroxylation is 1. The summed E-state index contributed by atoms with van der Waals surface area (Å²) < 4.78 is 41.7. The Kier molecular flexibility index (Phi) is 6.40. The van der Waals surface area contributed by atoms with Crippen LogP contribution in [0, 0.1) is 6.92 Å². The summed E-state index contributed by atoms with van der Waals surface area (Å²) >= 11 is 0. The van der Waals surface area contributed by atoms with Crippen molar-refractivity contribution in [2.75, 3.05) is 31.0 Å². The minimum absolute atomic E-state index is 0.0810. The van der Waals surface area contributed by atoms with Crippen molar-refractivity contribution in [1.29, 1.82) is 0 Å². The lowest BCUT2D eigenvalue weighted by atomic mass is 10.0. The second-order valence-corrected chi connectivity index (χ2v) is 8.97. The molecular weight excluding hydrogens is 408 g/mol. The number of nitrogens with one attached hydrogen (secondary N) is 1. The predicted octanol–water partition coefficient (Wildman–Crippen LogP) is 2.77. The Morgan fingerprint density at radius 2 is 1.93 bits per heavy atom. The normalized spacial score (nSPS) is 13.6. The first kappa shape index (κ1) is 21.8. The van der Waals surface area contributed by atoms with Gasteiger partial charge in [-0.1, -0.05) is 19.1 Å². The molecule has 0 aromatic heterocycles. The minimum atomic E-state index is -3.69.